The van der Waals surface area contributed by atoms with Crippen molar-refractivity contribution < 1.29 is 0 Å². The predicted octanol–water partition coefficient (Wildman–Crippen LogP) is 4.40. The van der Waals surface area contributed by atoms with Gasteiger partial charge in [-0.15, -0.1) is 11.3 Å². The summed E-state index contributed by atoms with van der Waals surface area (Å²) in [7, 11) is 0. The van der Waals surface area contributed by atoms with Crippen LogP contribution in [0.3, 0.4) is 0 Å². The molecule has 0 fully saturated rings. The van der Waals surface area contributed by atoms with Crippen LogP contribution in [-0.4, -0.2) is 17.6 Å². The molecule has 0 aliphatic rings. The Morgan fingerprint density at radius 3 is 2.47 bits per heavy atom. The topological polar surface area (TPSA) is 24.9 Å². The fourth-order valence-electron chi connectivity index (χ4n) is 2.23. The second-order valence-electron chi connectivity index (χ2n) is 6.80. The summed E-state index contributed by atoms with van der Waals surface area (Å²) in [6.45, 7) is 14.5. The maximum absolute atomic E-state index is 4.78. The number of rotatable bonds is 7. The highest BCUT2D eigenvalue weighted by molar-refractivity contribution is 7.09. The van der Waals surface area contributed by atoms with Gasteiger partial charge in [0.2, 0.25) is 0 Å². The van der Waals surface area contributed by atoms with Crippen LogP contribution in [0.1, 0.15) is 65.1 Å². The number of nitrogens with zero attached hydrogens (tertiary/aromatic N) is 1. The molecular weight excluding hydrogens is 252 g/mol. The summed E-state index contributed by atoms with van der Waals surface area (Å²) >= 11 is 1.82. The van der Waals surface area contributed by atoms with Crippen LogP contribution in [0.25, 0.3) is 0 Å². The Morgan fingerprint density at radius 1 is 1.32 bits per heavy atom. The molecule has 1 aromatic rings. The molecule has 0 aliphatic carbocycles. The molecule has 1 heterocycles. The van der Waals surface area contributed by atoms with Gasteiger partial charge in [0.25, 0.3) is 0 Å². The first kappa shape index (κ1) is 16.6. The molecule has 1 atom stereocenters. The van der Waals surface area contributed by atoms with Crippen LogP contribution >= 0.6 is 11.3 Å². The minimum Gasteiger partial charge on any atom is -0.314 e. The molecule has 19 heavy (non-hydrogen) atoms. The van der Waals surface area contributed by atoms with E-state index in [1.54, 1.807) is 0 Å². The Labute approximate surface area is 123 Å². The van der Waals surface area contributed by atoms with Crippen molar-refractivity contribution in [3.63, 3.8) is 0 Å². The zero-order valence-electron chi connectivity index (χ0n) is 13.4. The fraction of sp³-hybridized carbons (Fsp3) is 0.812. The fourth-order valence-corrected chi connectivity index (χ4v) is 3.27. The van der Waals surface area contributed by atoms with Crippen LogP contribution in [0.5, 0.6) is 0 Å². The highest BCUT2D eigenvalue weighted by Gasteiger charge is 2.18. The normalized spacial score (nSPS) is 14.1. The summed E-state index contributed by atoms with van der Waals surface area (Å²) in [5, 5.41) is 7.11. The minimum atomic E-state index is 0.174. The summed E-state index contributed by atoms with van der Waals surface area (Å²) in [6, 6.07) is 0.631. The Morgan fingerprint density at radius 2 is 2.00 bits per heavy atom. The van der Waals surface area contributed by atoms with Gasteiger partial charge in [0.1, 0.15) is 0 Å². The van der Waals surface area contributed by atoms with Crippen LogP contribution in [0.15, 0.2) is 5.38 Å². The first-order valence-electron chi connectivity index (χ1n) is 7.51. The zero-order valence-corrected chi connectivity index (χ0v) is 14.2. The minimum absolute atomic E-state index is 0.174. The molecule has 0 amide bonds. The maximum atomic E-state index is 4.78. The van der Waals surface area contributed by atoms with E-state index in [9.17, 15) is 0 Å². The van der Waals surface area contributed by atoms with Crippen molar-refractivity contribution in [2.24, 2.45) is 5.92 Å². The smallest absolute Gasteiger partial charge is 0.0929 e. The SMILES string of the molecule is CCNC(CCc1nc(C(C)(C)C)cs1)CC(C)C. The highest BCUT2D eigenvalue weighted by atomic mass is 32.1. The molecule has 2 nitrogen and oxygen atoms in total. The van der Waals surface area contributed by atoms with Crippen molar-refractivity contribution in [2.45, 2.75) is 72.3 Å². The van der Waals surface area contributed by atoms with Gasteiger partial charge in [0.15, 0.2) is 0 Å². The van der Waals surface area contributed by atoms with Gasteiger partial charge in [0, 0.05) is 23.3 Å². The average molecular weight is 282 g/mol. The van der Waals surface area contributed by atoms with Gasteiger partial charge in [-0.2, -0.15) is 0 Å². The largest absolute Gasteiger partial charge is 0.314 e. The number of aromatic nitrogens is 1. The number of hydrogen-bond acceptors (Lipinski definition) is 3. The van der Waals surface area contributed by atoms with E-state index in [1.165, 1.54) is 23.5 Å². The van der Waals surface area contributed by atoms with Gasteiger partial charge in [-0.1, -0.05) is 41.5 Å². The van der Waals surface area contributed by atoms with E-state index < -0.39 is 0 Å². The van der Waals surface area contributed by atoms with Crippen molar-refractivity contribution in [3.8, 4) is 0 Å². The molecule has 1 unspecified atom stereocenters. The van der Waals surface area contributed by atoms with Crippen molar-refractivity contribution in [1.29, 1.82) is 0 Å². The second-order valence-corrected chi connectivity index (χ2v) is 7.74. The van der Waals surface area contributed by atoms with E-state index in [4.69, 9.17) is 4.98 Å². The van der Waals surface area contributed by atoms with Gasteiger partial charge in [0.05, 0.1) is 10.7 Å². The Kier molecular flexibility index (Phi) is 6.48. The zero-order chi connectivity index (χ0) is 14.5. The van der Waals surface area contributed by atoms with E-state index in [0.717, 1.165) is 18.9 Å². The van der Waals surface area contributed by atoms with Crippen LogP contribution in [0.4, 0.5) is 0 Å². The second kappa shape index (κ2) is 7.39. The third kappa shape index (κ3) is 6.05. The van der Waals surface area contributed by atoms with Crippen LogP contribution in [0.2, 0.25) is 0 Å². The van der Waals surface area contributed by atoms with Crippen molar-refractivity contribution >= 4 is 11.3 Å². The van der Waals surface area contributed by atoms with E-state index in [1.807, 2.05) is 11.3 Å². The quantitative estimate of drug-likeness (QED) is 0.802. The lowest BCUT2D eigenvalue weighted by atomic mass is 9.93. The summed E-state index contributed by atoms with van der Waals surface area (Å²) in [6.07, 6.45) is 3.56. The van der Waals surface area contributed by atoms with E-state index in [2.05, 4.69) is 52.2 Å². The predicted molar refractivity (Wildman–Crippen MR) is 86.1 cm³/mol. The van der Waals surface area contributed by atoms with Crippen molar-refractivity contribution in [2.75, 3.05) is 6.54 Å². The average Bonchev–Trinajstić information content (AvgIpc) is 2.73. The van der Waals surface area contributed by atoms with Gasteiger partial charge < -0.3 is 5.32 Å². The molecular formula is C16H30N2S. The Balaban J connectivity index is 2.52. The van der Waals surface area contributed by atoms with Crippen LogP contribution < -0.4 is 5.32 Å². The molecule has 0 saturated heterocycles. The molecule has 0 radical (unpaired) electrons. The van der Waals surface area contributed by atoms with Crippen LogP contribution in [0, 0.1) is 5.92 Å². The molecule has 1 rings (SSSR count). The van der Waals surface area contributed by atoms with Gasteiger partial charge in [-0.25, -0.2) is 4.98 Å². The molecule has 0 bridgehead atoms. The number of thiazole rings is 1. The molecule has 0 aromatic carbocycles. The summed E-state index contributed by atoms with van der Waals surface area (Å²) in [4.78, 5) is 4.78. The van der Waals surface area contributed by atoms with Crippen LogP contribution in [-0.2, 0) is 11.8 Å². The third-order valence-corrected chi connectivity index (χ3v) is 4.18. The Bertz CT molecular complexity index is 363. The summed E-state index contributed by atoms with van der Waals surface area (Å²) in [5.74, 6) is 0.755. The van der Waals surface area contributed by atoms with Gasteiger partial charge >= 0.3 is 0 Å². The van der Waals surface area contributed by atoms with E-state index in [-0.39, 0.29) is 5.41 Å². The maximum Gasteiger partial charge on any atom is 0.0929 e. The lowest BCUT2D eigenvalue weighted by Crippen LogP contribution is -2.30. The number of nitrogens with one attached hydrogen (secondary N) is 1. The number of aryl methyl sites for hydroxylation is 1. The molecule has 0 saturated carbocycles. The standard InChI is InChI=1S/C16H30N2S/c1-7-17-13(10-12(2)3)8-9-15-18-14(11-19-15)16(4,5)6/h11-13,17H,7-10H2,1-6H3. The molecule has 110 valence electrons. The van der Waals surface area contributed by atoms with E-state index >= 15 is 0 Å². The summed E-state index contributed by atoms with van der Waals surface area (Å²) < 4.78 is 0. The molecule has 1 aromatic heterocycles. The van der Waals surface area contributed by atoms with Crippen molar-refractivity contribution in [1.82, 2.24) is 10.3 Å². The molecule has 1 N–H and O–H groups in total. The van der Waals surface area contributed by atoms with E-state index in [0.29, 0.717) is 6.04 Å². The molecule has 3 heteroatoms. The molecule has 0 aliphatic heterocycles. The van der Waals surface area contributed by atoms with Gasteiger partial charge in [-0.05, 0) is 25.3 Å². The third-order valence-electron chi connectivity index (χ3n) is 3.28. The number of hydrogen-bond donors (Lipinski definition) is 1. The highest BCUT2D eigenvalue weighted by Crippen LogP contribution is 2.24. The molecule has 0 spiro atoms. The van der Waals surface area contributed by atoms with Gasteiger partial charge in [-0.3, -0.25) is 0 Å². The summed E-state index contributed by atoms with van der Waals surface area (Å²) in [5.41, 5.74) is 1.41. The van der Waals surface area contributed by atoms with Crippen molar-refractivity contribution in [3.05, 3.63) is 16.1 Å². The monoisotopic (exact) mass is 282 g/mol. The Hall–Kier alpha value is -0.410. The lowest BCUT2D eigenvalue weighted by Gasteiger charge is -2.19. The first-order valence-corrected chi connectivity index (χ1v) is 8.39. The first-order chi connectivity index (χ1) is 8.82. The lowest BCUT2D eigenvalue weighted by molar-refractivity contribution is 0.405.